The predicted molar refractivity (Wildman–Crippen MR) is 73.0 cm³/mol. The molecule has 0 atom stereocenters. The monoisotopic (exact) mass is 336 g/mol. The van der Waals surface area contributed by atoms with E-state index in [9.17, 15) is 21.6 Å². The van der Waals surface area contributed by atoms with Gasteiger partial charge in [0.15, 0.2) is 11.6 Å². The van der Waals surface area contributed by atoms with Crippen molar-refractivity contribution >= 4 is 33.0 Å². The van der Waals surface area contributed by atoms with Gasteiger partial charge in [-0.05, 0) is 24.3 Å². The van der Waals surface area contributed by atoms with Gasteiger partial charge in [0.25, 0.3) is 10.0 Å². The molecule has 0 fully saturated rings. The van der Waals surface area contributed by atoms with Crippen LogP contribution in [0.1, 0.15) is 0 Å². The molecule has 0 aliphatic heterocycles. The number of rotatable bonds is 3. The molecule has 0 bridgehead atoms. The maximum absolute atomic E-state index is 13.6. The Morgan fingerprint density at radius 3 is 2.38 bits per heavy atom. The van der Waals surface area contributed by atoms with Crippen LogP contribution in [0.25, 0.3) is 0 Å². The van der Waals surface area contributed by atoms with Gasteiger partial charge in [0.05, 0.1) is 5.02 Å². The minimum absolute atomic E-state index is 0.233. The molecule has 9 heteroatoms. The molecule has 0 saturated heterocycles. The van der Waals surface area contributed by atoms with Gasteiger partial charge in [-0.1, -0.05) is 17.7 Å². The highest BCUT2D eigenvalue weighted by Crippen LogP contribution is 2.29. The number of anilines is 2. The third kappa shape index (κ3) is 3.06. The lowest BCUT2D eigenvalue weighted by molar-refractivity contribution is 0.486. The molecule has 21 heavy (non-hydrogen) atoms. The summed E-state index contributed by atoms with van der Waals surface area (Å²) in [7, 11) is -4.60. The quantitative estimate of drug-likeness (QED) is 0.846. The van der Waals surface area contributed by atoms with E-state index in [2.05, 4.69) is 0 Å². The number of nitrogens with one attached hydrogen (secondary N) is 1. The minimum Gasteiger partial charge on any atom is -0.399 e. The van der Waals surface area contributed by atoms with Crippen molar-refractivity contribution in [2.75, 3.05) is 10.5 Å². The summed E-state index contributed by atoms with van der Waals surface area (Å²) in [5.41, 5.74) is 4.41. The van der Waals surface area contributed by atoms with Crippen LogP contribution in [-0.2, 0) is 10.0 Å². The summed E-state index contributed by atoms with van der Waals surface area (Å²) in [6, 6.07) is 4.80. The van der Waals surface area contributed by atoms with Gasteiger partial charge in [-0.2, -0.15) is 0 Å². The van der Waals surface area contributed by atoms with Gasteiger partial charge < -0.3 is 5.73 Å². The summed E-state index contributed by atoms with van der Waals surface area (Å²) < 4.78 is 66.2. The third-order valence-electron chi connectivity index (χ3n) is 2.51. The van der Waals surface area contributed by atoms with Gasteiger partial charge in [-0.3, -0.25) is 4.72 Å². The topological polar surface area (TPSA) is 72.2 Å². The maximum Gasteiger partial charge on any atom is 0.265 e. The van der Waals surface area contributed by atoms with E-state index in [-0.39, 0.29) is 10.7 Å². The van der Waals surface area contributed by atoms with E-state index in [4.69, 9.17) is 17.3 Å². The molecule has 2 rings (SSSR count). The van der Waals surface area contributed by atoms with E-state index in [1.807, 2.05) is 0 Å². The van der Waals surface area contributed by atoms with E-state index in [0.29, 0.717) is 6.07 Å². The van der Waals surface area contributed by atoms with E-state index < -0.39 is 38.1 Å². The first-order valence-electron chi connectivity index (χ1n) is 5.43. The van der Waals surface area contributed by atoms with Crippen LogP contribution in [0.2, 0.25) is 5.02 Å². The zero-order chi connectivity index (χ0) is 15.8. The number of benzene rings is 2. The highest BCUT2D eigenvalue weighted by atomic mass is 35.5. The van der Waals surface area contributed by atoms with Gasteiger partial charge in [0.1, 0.15) is 16.4 Å². The lowest BCUT2D eigenvalue weighted by Gasteiger charge is -2.11. The molecule has 3 N–H and O–H groups in total. The van der Waals surface area contributed by atoms with Crippen molar-refractivity contribution in [2.45, 2.75) is 4.90 Å². The maximum atomic E-state index is 13.6. The number of para-hydroxylation sites is 1. The minimum atomic E-state index is -4.60. The normalized spacial score (nSPS) is 11.4. The molecule has 0 aliphatic carbocycles. The molecule has 0 spiro atoms. The van der Waals surface area contributed by atoms with Crippen molar-refractivity contribution in [2.24, 2.45) is 0 Å². The first-order valence-corrected chi connectivity index (χ1v) is 7.30. The second-order valence-electron chi connectivity index (χ2n) is 4.02. The first kappa shape index (κ1) is 15.5. The summed E-state index contributed by atoms with van der Waals surface area (Å²) in [5.74, 6) is -4.02. The Bertz CT molecular complexity index is 792. The van der Waals surface area contributed by atoms with Crippen LogP contribution in [0.3, 0.4) is 0 Å². The lowest BCUT2D eigenvalue weighted by Crippen LogP contribution is -2.17. The van der Waals surface area contributed by atoms with Gasteiger partial charge in [-0.15, -0.1) is 0 Å². The molecule has 0 aliphatic rings. The molecule has 0 amide bonds. The van der Waals surface area contributed by atoms with Crippen LogP contribution in [0.4, 0.5) is 24.5 Å². The molecule has 2 aromatic rings. The fourth-order valence-electron chi connectivity index (χ4n) is 1.56. The summed E-state index contributed by atoms with van der Waals surface area (Å²) in [5, 5.41) is -0.233. The second-order valence-corrected chi connectivity index (χ2v) is 6.08. The standard InChI is InChI=1S/C12H8ClF3N2O2S/c13-7-2-1-3-8(14)12(7)18-21(19,20)10-5-6(17)4-9(15)11(10)16/h1-5,18H,17H2. The third-order valence-corrected chi connectivity index (χ3v) is 4.17. The smallest absolute Gasteiger partial charge is 0.265 e. The SMILES string of the molecule is Nc1cc(F)c(F)c(S(=O)(=O)Nc2c(F)cccc2Cl)c1. The van der Waals surface area contributed by atoms with Gasteiger partial charge >= 0.3 is 0 Å². The van der Waals surface area contributed by atoms with E-state index in [1.54, 1.807) is 4.72 Å². The number of sulfonamides is 1. The highest BCUT2D eigenvalue weighted by molar-refractivity contribution is 7.92. The number of nitrogens with two attached hydrogens (primary N) is 1. The van der Waals surface area contributed by atoms with Crippen LogP contribution >= 0.6 is 11.6 Å². The van der Waals surface area contributed by atoms with Crippen LogP contribution < -0.4 is 10.5 Å². The fourth-order valence-corrected chi connectivity index (χ4v) is 3.04. The Morgan fingerprint density at radius 2 is 1.76 bits per heavy atom. The Balaban J connectivity index is 2.54. The summed E-state index contributed by atoms with van der Waals surface area (Å²) in [4.78, 5) is -1.04. The van der Waals surface area contributed by atoms with E-state index >= 15 is 0 Å². The largest absolute Gasteiger partial charge is 0.399 e. The highest BCUT2D eigenvalue weighted by Gasteiger charge is 2.24. The molecule has 0 unspecified atom stereocenters. The molecule has 0 saturated carbocycles. The van der Waals surface area contributed by atoms with Crippen molar-refractivity contribution in [3.8, 4) is 0 Å². The van der Waals surface area contributed by atoms with Crippen LogP contribution in [0.15, 0.2) is 35.2 Å². The number of hydrogen-bond donors (Lipinski definition) is 2. The average Bonchev–Trinajstić information content (AvgIpc) is 2.38. The van der Waals surface area contributed by atoms with Crippen molar-refractivity contribution in [1.29, 1.82) is 0 Å². The second kappa shape index (κ2) is 5.45. The van der Waals surface area contributed by atoms with Crippen LogP contribution in [0.5, 0.6) is 0 Å². The van der Waals surface area contributed by atoms with Gasteiger partial charge in [0, 0.05) is 5.69 Å². The van der Waals surface area contributed by atoms with Crippen molar-refractivity contribution < 1.29 is 21.6 Å². The Morgan fingerprint density at radius 1 is 1.10 bits per heavy atom. The average molecular weight is 337 g/mol. The number of hydrogen-bond acceptors (Lipinski definition) is 3. The fraction of sp³-hybridized carbons (Fsp3) is 0. The molecule has 4 nitrogen and oxygen atoms in total. The molecule has 0 heterocycles. The van der Waals surface area contributed by atoms with E-state index in [1.165, 1.54) is 12.1 Å². The molecular weight excluding hydrogens is 329 g/mol. The number of nitrogen functional groups attached to an aromatic ring is 1. The molecular formula is C12H8ClF3N2O2S. The molecule has 0 aromatic heterocycles. The molecule has 2 aromatic carbocycles. The summed E-state index contributed by atoms with van der Waals surface area (Å²) in [6.07, 6.45) is 0. The van der Waals surface area contributed by atoms with Crippen molar-refractivity contribution in [3.05, 3.63) is 52.8 Å². The summed E-state index contributed by atoms with van der Waals surface area (Å²) in [6.45, 7) is 0. The van der Waals surface area contributed by atoms with Crippen LogP contribution in [0, 0.1) is 17.5 Å². The Labute approximate surface area is 123 Å². The van der Waals surface area contributed by atoms with Gasteiger partial charge in [-0.25, -0.2) is 21.6 Å². The summed E-state index contributed by atoms with van der Waals surface area (Å²) >= 11 is 5.67. The Kier molecular flexibility index (Phi) is 4.02. The van der Waals surface area contributed by atoms with Crippen LogP contribution in [-0.4, -0.2) is 8.42 Å². The zero-order valence-corrected chi connectivity index (χ0v) is 11.8. The first-order chi connectivity index (χ1) is 9.72. The molecule has 0 radical (unpaired) electrons. The van der Waals surface area contributed by atoms with Gasteiger partial charge in [0.2, 0.25) is 0 Å². The molecule has 112 valence electrons. The lowest BCUT2D eigenvalue weighted by atomic mass is 10.3. The van der Waals surface area contributed by atoms with Crippen molar-refractivity contribution in [1.82, 2.24) is 0 Å². The number of halogens is 4. The zero-order valence-electron chi connectivity index (χ0n) is 10.2. The van der Waals surface area contributed by atoms with Crippen molar-refractivity contribution in [3.63, 3.8) is 0 Å². The predicted octanol–water partition coefficient (Wildman–Crippen LogP) is 3.14. The van der Waals surface area contributed by atoms with E-state index in [0.717, 1.165) is 12.1 Å². The Hall–Kier alpha value is -1.93.